The van der Waals surface area contributed by atoms with Crippen LogP contribution < -0.4 is 15.8 Å². The van der Waals surface area contributed by atoms with Gasteiger partial charge in [0.15, 0.2) is 0 Å². The highest BCUT2D eigenvalue weighted by atomic mass is 19.1. The van der Waals surface area contributed by atoms with E-state index in [0.717, 1.165) is 24.1 Å². The van der Waals surface area contributed by atoms with Crippen LogP contribution in [0.4, 0.5) is 8.78 Å². The Morgan fingerprint density at radius 3 is 2.68 bits per heavy atom. The number of ether oxygens (including phenoxy) is 1. The van der Waals surface area contributed by atoms with Gasteiger partial charge in [-0.25, -0.2) is 8.78 Å². The van der Waals surface area contributed by atoms with Crippen LogP contribution in [-0.2, 0) is 0 Å². The molecular formula is C19H22F2N2O2. The summed E-state index contributed by atoms with van der Waals surface area (Å²) < 4.78 is 32.4. The molecule has 25 heavy (non-hydrogen) atoms. The Kier molecular flexibility index (Phi) is 6.47. The summed E-state index contributed by atoms with van der Waals surface area (Å²) in [5, 5.41) is 2.71. The lowest BCUT2D eigenvalue weighted by Gasteiger charge is -2.16. The summed E-state index contributed by atoms with van der Waals surface area (Å²) in [5.41, 5.74) is 6.98. The summed E-state index contributed by atoms with van der Waals surface area (Å²) in [6, 6.07) is 7.80. The highest BCUT2D eigenvalue weighted by Crippen LogP contribution is 2.22. The molecule has 0 bridgehead atoms. The summed E-state index contributed by atoms with van der Waals surface area (Å²) in [7, 11) is 0. The fourth-order valence-corrected chi connectivity index (χ4v) is 2.37. The van der Waals surface area contributed by atoms with Crippen LogP contribution >= 0.6 is 0 Å². The molecule has 2 rings (SSSR count). The first-order valence-electron chi connectivity index (χ1n) is 8.11. The van der Waals surface area contributed by atoms with Gasteiger partial charge >= 0.3 is 0 Å². The van der Waals surface area contributed by atoms with Crippen molar-refractivity contribution in [3.8, 4) is 5.75 Å². The second-order valence-corrected chi connectivity index (χ2v) is 5.83. The third kappa shape index (κ3) is 5.00. The number of rotatable bonds is 7. The Bertz CT molecular complexity index is 750. The number of benzene rings is 2. The summed E-state index contributed by atoms with van der Waals surface area (Å²) in [5.74, 6) is -1.10. The number of carbonyl (C=O) groups is 1. The maximum Gasteiger partial charge on any atom is 0.251 e. The van der Waals surface area contributed by atoms with Gasteiger partial charge in [-0.15, -0.1) is 0 Å². The SMILES string of the molecule is Cc1ccc(C(=O)N[C@H](C)c2ccc(F)cc2F)cc1OCCCN. The quantitative estimate of drug-likeness (QED) is 0.753. The van der Waals surface area contributed by atoms with Crippen LogP contribution in [0.2, 0.25) is 0 Å². The van der Waals surface area contributed by atoms with Crippen molar-refractivity contribution in [1.82, 2.24) is 5.32 Å². The van der Waals surface area contributed by atoms with Gasteiger partial charge in [0.25, 0.3) is 5.91 Å². The molecule has 2 aromatic rings. The molecular weight excluding hydrogens is 326 g/mol. The van der Waals surface area contributed by atoms with Crippen molar-refractivity contribution in [2.75, 3.05) is 13.2 Å². The molecule has 0 heterocycles. The maximum absolute atomic E-state index is 13.8. The standard InChI is InChI=1S/C19H22F2N2O2/c1-12-4-5-14(10-18(12)25-9-3-8-22)19(24)23-13(2)16-7-6-15(20)11-17(16)21/h4-7,10-11,13H,3,8-9,22H2,1-2H3,(H,23,24)/t13-/m1/s1. The zero-order valence-electron chi connectivity index (χ0n) is 14.3. The predicted octanol–water partition coefficient (Wildman–Crippen LogP) is 3.49. The van der Waals surface area contributed by atoms with E-state index < -0.39 is 17.7 Å². The molecule has 3 N–H and O–H groups in total. The van der Waals surface area contributed by atoms with Crippen molar-refractivity contribution >= 4 is 5.91 Å². The van der Waals surface area contributed by atoms with Crippen LogP contribution in [0.15, 0.2) is 36.4 Å². The average Bonchev–Trinajstić information content (AvgIpc) is 2.56. The third-order valence-electron chi connectivity index (χ3n) is 3.83. The molecule has 0 aliphatic carbocycles. The van der Waals surface area contributed by atoms with E-state index in [2.05, 4.69) is 5.32 Å². The van der Waals surface area contributed by atoms with E-state index in [1.807, 2.05) is 6.92 Å². The third-order valence-corrected chi connectivity index (χ3v) is 3.83. The first kappa shape index (κ1) is 18.9. The van der Waals surface area contributed by atoms with Crippen LogP contribution in [0.25, 0.3) is 0 Å². The van der Waals surface area contributed by atoms with E-state index in [0.29, 0.717) is 24.5 Å². The zero-order valence-corrected chi connectivity index (χ0v) is 14.3. The van der Waals surface area contributed by atoms with Crippen LogP contribution in [0.3, 0.4) is 0 Å². The largest absolute Gasteiger partial charge is 0.493 e. The van der Waals surface area contributed by atoms with Gasteiger partial charge in [0.05, 0.1) is 12.6 Å². The van der Waals surface area contributed by atoms with Gasteiger partial charge in [-0.1, -0.05) is 12.1 Å². The van der Waals surface area contributed by atoms with E-state index in [-0.39, 0.29) is 11.5 Å². The molecule has 6 heteroatoms. The van der Waals surface area contributed by atoms with Gasteiger partial charge in [-0.05, 0) is 50.6 Å². The molecule has 0 radical (unpaired) electrons. The molecule has 2 aromatic carbocycles. The van der Waals surface area contributed by atoms with Crippen LogP contribution in [-0.4, -0.2) is 19.1 Å². The predicted molar refractivity (Wildman–Crippen MR) is 92.6 cm³/mol. The Labute approximate surface area is 146 Å². The van der Waals surface area contributed by atoms with Crippen molar-refractivity contribution in [3.63, 3.8) is 0 Å². The molecule has 134 valence electrons. The number of carbonyl (C=O) groups excluding carboxylic acids is 1. The van der Waals surface area contributed by atoms with Crippen molar-refractivity contribution in [3.05, 3.63) is 64.7 Å². The highest BCUT2D eigenvalue weighted by molar-refractivity contribution is 5.95. The summed E-state index contributed by atoms with van der Waals surface area (Å²) >= 11 is 0. The van der Waals surface area contributed by atoms with E-state index in [4.69, 9.17) is 10.5 Å². The van der Waals surface area contributed by atoms with E-state index >= 15 is 0 Å². The number of nitrogens with one attached hydrogen (secondary N) is 1. The maximum atomic E-state index is 13.8. The molecule has 0 aromatic heterocycles. The minimum absolute atomic E-state index is 0.223. The smallest absolute Gasteiger partial charge is 0.251 e. The molecule has 0 spiro atoms. The molecule has 0 unspecified atom stereocenters. The number of hydrogen-bond donors (Lipinski definition) is 2. The number of hydrogen-bond acceptors (Lipinski definition) is 3. The van der Waals surface area contributed by atoms with Crippen molar-refractivity contribution in [2.24, 2.45) is 5.73 Å². The Hall–Kier alpha value is -2.47. The average molecular weight is 348 g/mol. The van der Waals surface area contributed by atoms with E-state index in [1.54, 1.807) is 25.1 Å². The molecule has 0 aliphatic heterocycles. The lowest BCUT2D eigenvalue weighted by atomic mass is 10.1. The topological polar surface area (TPSA) is 64.3 Å². The van der Waals surface area contributed by atoms with Gasteiger partial charge in [0.1, 0.15) is 17.4 Å². The first-order valence-corrected chi connectivity index (χ1v) is 8.11. The molecule has 4 nitrogen and oxygen atoms in total. The zero-order chi connectivity index (χ0) is 18.4. The summed E-state index contributed by atoms with van der Waals surface area (Å²) in [6.07, 6.45) is 0.719. The van der Waals surface area contributed by atoms with Crippen molar-refractivity contribution in [1.29, 1.82) is 0 Å². The number of amides is 1. The highest BCUT2D eigenvalue weighted by Gasteiger charge is 2.16. The molecule has 0 fully saturated rings. The lowest BCUT2D eigenvalue weighted by Crippen LogP contribution is -2.27. The van der Waals surface area contributed by atoms with Gasteiger partial charge in [0, 0.05) is 17.2 Å². The van der Waals surface area contributed by atoms with Gasteiger partial charge in [0.2, 0.25) is 0 Å². The number of aryl methyl sites for hydroxylation is 1. The van der Waals surface area contributed by atoms with E-state index in [1.165, 1.54) is 6.07 Å². The first-order chi connectivity index (χ1) is 11.9. The van der Waals surface area contributed by atoms with Crippen molar-refractivity contribution < 1.29 is 18.3 Å². The summed E-state index contributed by atoms with van der Waals surface area (Å²) in [6.45, 7) is 4.52. The van der Waals surface area contributed by atoms with Crippen LogP contribution in [0.1, 0.15) is 40.9 Å². The van der Waals surface area contributed by atoms with Crippen LogP contribution in [0, 0.1) is 18.6 Å². The minimum atomic E-state index is -0.692. The van der Waals surface area contributed by atoms with Crippen LogP contribution in [0.5, 0.6) is 5.75 Å². The molecule has 0 saturated carbocycles. The lowest BCUT2D eigenvalue weighted by molar-refractivity contribution is 0.0939. The normalized spacial score (nSPS) is 11.9. The second-order valence-electron chi connectivity index (χ2n) is 5.83. The Morgan fingerprint density at radius 1 is 1.24 bits per heavy atom. The molecule has 1 atom stereocenters. The van der Waals surface area contributed by atoms with Gasteiger partial charge in [-0.3, -0.25) is 4.79 Å². The monoisotopic (exact) mass is 348 g/mol. The molecule has 0 saturated heterocycles. The number of halogens is 2. The second kappa shape index (κ2) is 8.58. The Balaban J connectivity index is 2.10. The van der Waals surface area contributed by atoms with Crippen molar-refractivity contribution in [2.45, 2.75) is 26.3 Å². The van der Waals surface area contributed by atoms with Gasteiger partial charge in [-0.2, -0.15) is 0 Å². The Morgan fingerprint density at radius 2 is 2.00 bits per heavy atom. The number of nitrogens with two attached hydrogens (primary N) is 1. The van der Waals surface area contributed by atoms with E-state index in [9.17, 15) is 13.6 Å². The molecule has 1 amide bonds. The fraction of sp³-hybridized carbons (Fsp3) is 0.316. The van der Waals surface area contributed by atoms with Gasteiger partial charge < -0.3 is 15.8 Å². The summed E-state index contributed by atoms with van der Waals surface area (Å²) in [4.78, 5) is 12.4. The fourth-order valence-electron chi connectivity index (χ4n) is 2.37. The minimum Gasteiger partial charge on any atom is -0.493 e. The molecule has 0 aliphatic rings.